The Balaban J connectivity index is 0.882. The number of nitrogens with zero attached hydrogens (tertiary/aromatic N) is 3. The molecule has 4 heterocycles. The molecule has 3 saturated heterocycles. The van der Waals surface area contributed by atoms with Crippen molar-refractivity contribution >= 4 is 87.8 Å². The molecule has 4 aliphatic rings. The molecule has 18 nitrogen and oxygen atoms in total. The molecule has 7 N–H and O–H groups in total. The number of unbranched alkanes of at least 4 members (excludes halogenated alkanes) is 1. The third kappa shape index (κ3) is 11.6. The maximum Gasteiger partial charge on any atom is 0.315 e. The average molecular weight is 785 g/mol. The number of nitrogens with one attached hydrogen (secondary N) is 7. The van der Waals surface area contributed by atoms with E-state index in [1.807, 2.05) is 11.8 Å². The van der Waals surface area contributed by atoms with Gasteiger partial charge in [-0.1, -0.05) is 6.42 Å². The first-order valence-electron chi connectivity index (χ1n) is 17.7. The standard InChI is InChI=1S/C34H44N10O8S2/c45-25(11-12-44-28(48)9-10-29(44)49)35-18-30(50)42-13-15-43(16-14-42)31(51)19-36-27(47)17-37-34(53)39-22-7-5-21(6-8-22)38-26(46)4-2-1-3-24-32-23(20-54-24)40-33(52)41-32/h5-10,23-24,32H,1-4,11-20H2,(H,35,45)(H,36,47)(H,38,46)(H2,37,39,53)(H2,40,41,52)/t23-,24-,32-/m0/s1. The first kappa shape index (κ1) is 40.0. The van der Waals surface area contributed by atoms with Gasteiger partial charge in [0.25, 0.3) is 11.8 Å². The molecule has 0 spiro atoms. The molecule has 4 aliphatic heterocycles. The van der Waals surface area contributed by atoms with Crippen LogP contribution in [0.25, 0.3) is 0 Å². The number of rotatable bonds is 16. The maximum absolute atomic E-state index is 12.6. The number of hydrogen-bond acceptors (Lipinski definition) is 10. The molecule has 0 saturated carbocycles. The lowest BCUT2D eigenvalue weighted by Crippen LogP contribution is -2.54. The van der Waals surface area contributed by atoms with Crippen LogP contribution in [-0.2, 0) is 33.6 Å². The van der Waals surface area contributed by atoms with E-state index in [4.69, 9.17) is 12.2 Å². The van der Waals surface area contributed by atoms with Gasteiger partial charge in [0, 0.05) is 80.1 Å². The topological polar surface area (TPSA) is 230 Å². The minimum absolute atomic E-state index is 0.0775. The second-order valence-corrected chi connectivity index (χ2v) is 14.7. The van der Waals surface area contributed by atoms with Gasteiger partial charge in [-0.3, -0.25) is 38.5 Å². The quantitative estimate of drug-likeness (QED) is 0.0457. The van der Waals surface area contributed by atoms with E-state index in [9.17, 15) is 38.4 Å². The monoisotopic (exact) mass is 784 g/mol. The van der Waals surface area contributed by atoms with E-state index in [1.54, 1.807) is 24.3 Å². The number of benzene rings is 1. The highest BCUT2D eigenvalue weighted by Gasteiger charge is 2.42. The van der Waals surface area contributed by atoms with Crippen molar-refractivity contribution in [3.63, 3.8) is 0 Å². The van der Waals surface area contributed by atoms with E-state index < -0.39 is 23.6 Å². The summed E-state index contributed by atoms with van der Waals surface area (Å²) in [4.78, 5) is 101. The molecule has 5 rings (SSSR count). The van der Waals surface area contributed by atoms with Crippen molar-refractivity contribution in [3.8, 4) is 0 Å². The van der Waals surface area contributed by atoms with Gasteiger partial charge in [0.1, 0.15) is 0 Å². The van der Waals surface area contributed by atoms with E-state index in [2.05, 4.69) is 37.2 Å². The predicted octanol–water partition coefficient (Wildman–Crippen LogP) is -1.14. The lowest BCUT2D eigenvalue weighted by Gasteiger charge is -2.34. The summed E-state index contributed by atoms with van der Waals surface area (Å²) in [5.41, 5.74) is 1.29. The van der Waals surface area contributed by atoms with Crippen molar-refractivity contribution in [2.45, 2.75) is 49.4 Å². The summed E-state index contributed by atoms with van der Waals surface area (Å²) in [6, 6.07) is 7.23. The van der Waals surface area contributed by atoms with Crippen LogP contribution in [0.4, 0.5) is 16.2 Å². The lowest BCUT2D eigenvalue weighted by atomic mass is 10.0. The van der Waals surface area contributed by atoms with Crippen molar-refractivity contribution in [3.05, 3.63) is 36.4 Å². The van der Waals surface area contributed by atoms with Crippen LogP contribution in [0.1, 0.15) is 32.1 Å². The van der Waals surface area contributed by atoms with E-state index in [-0.39, 0.29) is 99.7 Å². The molecule has 0 unspecified atom stereocenters. The Morgan fingerprint density at radius 2 is 1.31 bits per heavy atom. The molecule has 3 fully saturated rings. The van der Waals surface area contributed by atoms with Gasteiger partial charge in [0.2, 0.25) is 29.5 Å². The smallest absolute Gasteiger partial charge is 0.315 e. The number of hydrogen-bond donors (Lipinski definition) is 7. The van der Waals surface area contributed by atoms with E-state index in [0.717, 1.165) is 42.1 Å². The Kier molecular flexibility index (Phi) is 14.2. The maximum atomic E-state index is 12.6. The molecule has 290 valence electrons. The molecular formula is C34H44N10O8S2. The van der Waals surface area contributed by atoms with Crippen LogP contribution in [-0.4, -0.2) is 143 Å². The van der Waals surface area contributed by atoms with Crippen LogP contribution in [0.5, 0.6) is 0 Å². The molecule has 1 aromatic rings. The van der Waals surface area contributed by atoms with E-state index in [1.165, 1.54) is 9.80 Å². The zero-order chi connectivity index (χ0) is 38.6. The summed E-state index contributed by atoms with van der Waals surface area (Å²) in [7, 11) is 0. The number of amides is 9. The minimum Gasteiger partial charge on any atom is -0.353 e. The van der Waals surface area contributed by atoms with Crippen LogP contribution >= 0.6 is 24.0 Å². The Bertz CT molecular complexity index is 1650. The average Bonchev–Trinajstić information content (AvgIpc) is 3.82. The van der Waals surface area contributed by atoms with Gasteiger partial charge in [-0.25, -0.2) is 4.79 Å². The first-order valence-corrected chi connectivity index (χ1v) is 19.2. The molecule has 3 atom stereocenters. The molecule has 0 aromatic heterocycles. The Labute approximate surface area is 321 Å². The van der Waals surface area contributed by atoms with Crippen molar-refractivity contribution in [1.82, 2.24) is 41.3 Å². The third-order valence-electron chi connectivity index (χ3n) is 9.24. The third-order valence-corrected chi connectivity index (χ3v) is 11.0. The van der Waals surface area contributed by atoms with Gasteiger partial charge in [0.15, 0.2) is 5.11 Å². The van der Waals surface area contributed by atoms with Crippen LogP contribution in [0, 0.1) is 0 Å². The molecule has 54 heavy (non-hydrogen) atoms. The molecular weight excluding hydrogens is 741 g/mol. The van der Waals surface area contributed by atoms with Gasteiger partial charge >= 0.3 is 6.03 Å². The molecule has 20 heteroatoms. The summed E-state index contributed by atoms with van der Waals surface area (Å²) in [6.07, 6.45) is 5.14. The number of carbonyl (C=O) groups excluding carboxylic acids is 8. The number of carbonyl (C=O) groups is 8. The van der Waals surface area contributed by atoms with Gasteiger partial charge in [0.05, 0.1) is 31.7 Å². The van der Waals surface area contributed by atoms with Crippen LogP contribution in [0.2, 0.25) is 0 Å². The van der Waals surface area contributed by atoms with Crippen molar-refractivity contribution in [1.29, 1.82) is 0 Å². The van der Waals surface area contributed by atoms with Gasteiger partial charge < -0.3 is 47.0 Å². The number of thiocarbonyl (C=S) groups is 1. The number of imide groups is 1. The highest BCUT2D eigenvalue weighted by molar-refractivity contribution is 8.00. The minimum atomic E-state index is -0.482. The SMILES string of the molecule is O=C(CCN1C(=O)C=CC1=O)NCC(=O)N1CCN(C(=O)CNC(=O)CNC(=S)Nc2ccc(NC(=O)CCCC[C@@H]3SC[C@@H]4NC(=O)N[C@@H]43)cc2)CC1. The summed E-state index contributed by atoms with van der Waals surface area (Å²) < 4.78 is 0. The molecule has 1 aromatic carbocycles. The normalized spacial score (nSPS) is 20.2. The number of piperazine rings is 1. The fourth-order valence-electron chi connectivity index (χ4n) is 6.26. The summed E-state index contributed by atoms with van der Waals surface area (Å²) in [6.45, 7) is 0.311. The second kappa shape index (κ2) is 19.2. The number of fused-ring (bicyclic) bond motifs is 1. The largest absolute Gasteiger partial charge is 0.353 e. The first-order chi connectivity index (χ1) is 25.9. The highest BCUT2D eigenvalue weighted by atomic mass is 32.2. The van der Waals surface area contributed by atoms with E-state index >= 15 is 0 Å². The zero-order valence-corrected chi connectivity index (χ0v) is 31.2. The summed E-state index contributed by atoms with van der Waals surface area (Å²) in [5.74, 6) is -1.68. The van der Waals surface area contributed by atoms with Gasteiger partial charge in [-0.05, 0) is 49.3 Å². The van der Waals surface area contributed by atoms with Crippen molar-refractivity contribution in [2.75, 3.05) is 68.7 Å². The number of anilines is 2. The molecule has 0 bridgehead atoms. The Hall–Kier alpha value is -5.24. The van der Waals surface area contributed by atoms with Gasteiger partial charge in [-0.2, -0.15) is 11.8 Å². The van der Waals surface area contributed by atoms with Gasteiger partial charge in [-0.15, -0.1) is 0 Å². The fourth-order valence-corrected chi connectivity index (χ4v) is 8.00. The zero-order valence-electron chi connectivity index (χ0n) is 29.5. The van der Waals surface area contributed by atoms with Crippen molar-refractivity contribution in [2.24, 2.45) is 0 Å². The second-order valence-electron chi connectivity index (χ2n) is 13.0. The van der Waals surface area contributed by atoms with Crippen molar-refractivity contribution < 1.29 is 38.4 Å². The number of urea groups is 1. The Morgan fingerprint density at radius 3 is 1.94 bits per heavy atom. The summed E-state index contributed by atoms with van der Waals surface area (Å²) >= 11 is 7.14. The van der Waals surface area contributed by atoms with Crippen LogP contribution in [0.15, 0.2) is 36.4 Å². The summed E-state index contributed by atoms with van der Waals surface area (Å²) in [5, 5.41) is 20.2. The van der Waals surface area contributed by atoms with E-state index in [0.29, 0.717) is 23.0 Å². The molecule has 0 radical (unpaired) electrons. The number of thioether (sulfide) groups is 1. The Morgan fingerprint density at radius 1 is 0.722 bits per heavy atom. The van der Waals surface area contributed by atoms with Crippen LogP contribution in [0.3, 0.4) is 0 Å². The predicted molar refractivity (Wildman–Crippen MR) is 203 cm³/mol. The van der Waals surface area contributed by atoms with Crippen LogP contribution < -0.4 is 37.2 Å². The fraction of sp³-hybridized carbons (Fsp3) is 0.500. The highest BCUT2D eigenvalue weighted by Crippen LogP contribution is 2.33. The molecule has 9 amide bonds. The molecule has 0 aliphatic carbocycles. The lowest BCUT2D eigenvalue weighted by molar-refractivity contribution is -0.140.